The molecule has 0 amide bonds. The predicted molar refractivity (Wildman–Crippen MR) is 293 cm³/mol. The van der Waals surface area contributed by atoms with Gasteiger partial charge in [0.25, 0.3) is 0 Å². The summed E-state index contributed by atoms with van der Waals surface area (Å²) in [5, 5.41) is 33.8. The molecule has 0 aliphatic rings. The first-order valence-electron chi connectivity index (χ1n) is 23.7. The Morgan fingerprint density at radius 1 is 0.386 bits per heavy atom. The van der Waals surface area contributed by atoms with Crippen LogP contribution in [0.25, 0.3) is 87.6 Å². The van der Waals surface area contributed by atoms with Crippen molar-refractivity contribution in [2.24, 2.45) is 0 Å². The van der Waals surface area contributed by atoms with E-state index in [2.05, 4.69) is 175 Å². The van der Waals surface area contributed by atoms with E-state index in [4.69, 9.17) is 26.5 Å². The zero-order valence-electron chi connectivity index (χ0n) is 40.4. The van der Waals surface area contributed by atoms with E-state index >= 15 is 0 Å². The molecule has 0 saturated carbocycles. The summed E-state index contributed by atoms with van der Waals surface area (Å²) < 4.78 is 13.2. The van der Waals surface area contributed by atoms with Crippen molar-refractivity contribution in [2.45, 2.75) is 58.8 Å². The number of hydrogen-bond acceptors (Lipinski definition) is 4. The Labute approximate surface area is 430 Å². The van der Waals surface area contributed by atoms with Crippen molar-refractivity contribution in [3.63, 3.8) is 0 Å². The number of benzene rings is 10. The average molecular weight is 1040 g/mol. The maximum atomic E-state index is 12.4. The Kier molecular flexibility index (Phi) is 14.5. The second kappa shape index (κ2) is 20.7. The molecule has 350 valence electrons. The summed E-state index contributed by atoms with van der Waals surface area (Å²) >= 11 is -0.826. The number of hydrogen-bond donors (Lipinski definition) is 2. The summed E-state index contributed by atoms with van der Waals surface area (Å²) in [6, 6.07) is 62.6. The van der Waals surface area contributed by atoms with Gasteiger partial charge in [-0.25, -0.2) is 0 Å². The van der Waals surface area contributed by atoms with Crippen molar-refractivity contribution in [3.05, 3.63) is 193 Å². The topological polar surface area (TPSA) is 58.9 Å². The Morgan fingerprint density at radius 2 is 0.671 bits per heavy atom. The van der Waals surface area contributed by atoms with Crippen LogP contribution in [0.3, 0.4) is 0 Å². The van der Waals surface area contributed by atoms with Gasteiger partial charge < -0.3 is 19.7 Å². The van der Waals surface area contributed by atoms with E-state index in [1.54, 1.807) is 0 Å². The van der Waals surface area contributed by atoms with Crippen LogP contribution in [0, 0.1) is 0 Å². The van der Waals surface area contributed by atoms with Gasteiger partial charge in [0.05, 0.1) is 13.2 Å². The number of para-hydroxylation sites is 2. The van der Waals surface area contributed by atoms with Crippen molar-refractivity contribution < 1.29 is 40.5 Å². The maximum absolute atomic E-state index is 12.4. The molecular weight excluding hydrogens is 983 g/mol. The van der Waals surface area contributed by atoms with E-state index in [-0.39, 0.29) is 22.3 Å². The summed E-state index contributed by atoms with van der Waals surface area (Å²) in [7, 11) is 9.87. The standard InChI is InChI=1S/C63H56O4.2ClH.Zr/c1-62(2,3)44-36-52(60(64)54(38-44)58-46-24-11-7-20-40(46)34-41-21-8-12-25-47(41)58)50-28-15-17-30-56(50)66-32-19-33-67-57-31-18-16-29-51(57)53-37-45(63(4,5)6)39-55(61(53)65)59-48-26-13-9-22-42(48)35-43-23-10-14-27-49(43)59;;;/h7-18,20-31,34-39,64-65H,19,32-33H2,1-6H3;2*1H;/q;;;+2/p-2. The van der Waals surface area contributed by atoms with Crippen molar-refractivity contribution in [3.8, 4) is 67.5 Å². The van der Waals surface area contributed by atoms with E-state index in [9.17, 15) is 10.2 Å². The van der Waals surface area contributed by atoms with E-state index in [0.717, 1.165) is 98.7 Å². The molecule has 70 heavy (non-hydrogen) atoms. The molecule has 7 heteroatoms. The zero-order chi connectivity index (χ0) is 49.2. The SMILES string of the molecule is CC(C)(C)c1cc(-c2ccccc2OCCCOc2ccccc2-c2cc(C(C)(C)C)cc(-c3c4ccccc4cc4ccccc34)c2O)c(O)c(-c2c3ccccc3cc3ccccc23)c1.[Cl][Zr][Cl]. The van der Waals surface area contributed by atoms with Crippen LogP contribution in [0.4, 0.5) is 0 Å². The van der Waals surface area contributed by atoms with Gasteiger partial charge in [-0.05, 0) is 114 Å². The van der Waals surface area contributed by atoms with E-state index in [0.29, 0.717) is 31.1 Å². The molecule has 0 aromatic heterocycles. The Balaban J connectivity index is 0.00000198. The number of ether oxygens (including phenoxy) is 2. The molecule has 0 heterocycles. The van der Waals surface area contributed by atoms with Gasteiger partial charge in [-0.3, -0.25) is 0 Å². The van der Waals surface area contributed by atoms with Crippen LogP contribution in [0.15, 0.2) is 182 Å². The molecule has 0 fully saturated rings. The first kappa shape index (κ1) is 48.9. The number of halogens is 2. The second-order valence-corrected chi connectivity index (χ2v) is 23.6. The summed E-state index contributed by atoms with van der Waals surface area (Å²) in [5.74, 6) is 1.83. The number of phenols is 2. The fourth-order valence-corrected chi connectivity index (χ4v) is 9.59. The minimum atomic E-state index is -0.826. The third-order valence-electron chi connectivity index (χ3n) is 13.2. The number of aromatic hydroxyl groups is 2. The quantitative estimate of drug-likeness (QED) is 0.106. The molecule has 0 aliphatic carbocycles. The molecule has 0 atom stereocenters. The molecule has 2 N–H and O–H groups in total. The third-order valence-corrected chi connectivity index (χ3v) is 13.2. The monoisotopic (exact) mass is 1040 g/mol. The molecule has 0 radical (unpaired) electrons. The van der Waals surface area contributed by atoms with Crippen LogP contribution in [-0.4, -0.2) is 23.4 Å². The molecule has 0 saturated heterocycles. The van der Waals surface area contributed by atoms with Gasteiger partial charge in [0, 0.05) is 50.9 Å². The molecule has 10 rings (SSSR count). The van der Waals surface area contributed by atoms with Crippen LogP contribution < -0.4 is 9.47 Å². The summed E-state index contributed by atoms with van der Waals surface area (Å²) in [4.78, 5) is 0. The zero-order valence-corrected chi connectivity index (χ0v) is 44.4. The van der Waals surface area contributed by atoms with Gasteiger partial charge >= 0.3 is 37.9 Å². The van der Waals surface area contributed by atoms with Crippen LogP contribution >= 0.6 is 17.0 Å². The fourth-order valence-electron chi connectivity index (χ4n) is 9.59. The molecule has 4 nitrogen and oxygen atoms in total. The van der Waals surface area contributed by atoms with E-state index in [1.165, 1.54) is 0 Å². The molecular formula is C63H56Cl2O4Zr. The van der Waals surface area contributed by atoms with Crippen LogP contribution in [0.5, 0.6) is 23.0 Å². The Hall–Kier alpha value is -6.10. The van der Waals surface area contributed by atoms with Crippen molar-refractivity contribution in [1.82, 2.24) is 0 Å². The van der Waals surface area contributed by atoms with Crippen molar-refractivity contribution in [1.29, 1.82) is 0 Å². The van der Waals surface area contributed by atoms with Gasteiger partial charge in [-0.2, -0.15) is 0 Å². The first-order chi connectivity index (χ1) is 33.8. The first-order valence-corrected chi connectivity index (χ1v) is 30.1. The van der Waals surface area contributed by atoms with Crippen LogP contribution in [0.1, 0.15) is 59.1 Å². The Morgan fingerprint density at radius 3 is 1.00 bits per heavy atom. The Bertz CT molecular complexity index is 3190. The second-order valence-electron chi connectivity index (χ2n) is 19.8. The van der Waals surface area contributed by atoms with Crippen molar-refractivity contribution in [2.75, 3.05) is 13.2 Å². The number of rotatable bonds is 10. The summed E-state index contributed by atoms with van der Waals surface area (Å²) in [6.07, 6.45) is 0.602. The van der Waals surface area contributed by atoms with Gasteiger partial charge in [0.2, 0.25) is 0 Å². The van der Waals surface area contributed by atoms with Crippen LogP contribution in [-0.2, 0) is 31.7 Å². The predicted octanol–water partition coefficient (Wildman–Crippen LogP) is 18.2. The molecule has 0 unspecified atom stereocenters. The molecule has 10 aromatic carbocycles. The van der Waals surface area contributed by atoms with E-state index < -0.39 is 20.8 Å². The summed E-state index contributed by atoms with van der Waals surface area (Å²) in [6.45, 7) is 14.1. The van der Waals surface area contributed by atoms with Gasteiger partial charge in [-0.15, -0.1) is 0 Å². The average Bonchev–Trinajstić information content (AvgIpc) is 3.35. The number of fused-ring (bicyclic) bond motifs is 4. The molecule has 0 aliphatic heterocycles. The minimum absolute atomic E-state index is 0.197. The molecule has 0 spiro atoms. The third kappa shape index (κ3) is 9.95. The van der Waals surface area contributed by atoms with Gasteiger partial charge in [-0.1, -0.05) is 175 Å². The van der Waals surface area contributed by atoms with Gasteiger partial charge in [0.1, 0.15) is 23.0 Å². The van der Waals surface area contributed by atoms with Gasteiger partial charge in [0.15, 0.2) is 0 Å². The molecule has 0 bridgehead atoms. The van der Waals surface area contributed by atoms with Crippen LogP contribution in [0.2, 0.25) is 0 Å². The summed E-state index contributed by atoms with van der Waals surface area (Å²) in [5.41, 5.74) is 8.59. The molecule has 10 aromatic rings. The fraction of sp³-hybridized carbons (Fsp3) is 0.175. The van der Waals surface area contributed by atoms with E-state index in [1.807, 2.05) is 48.5 Å². The number of phenolic OH excluding ortho intramolecular Hbond substituents is 2. The normalized spacial score (nSPS) is 11.7. The van der Waals surface area contributed by atoms with Crippen molar-refractivity contribution >= 4 is 60.1 Å².